The Balaban J connectivity index is 1.78. The third-order valence-corrected chi connectivity index (χ3v) is 3.91. The van der Waals surface area contributed by atoms with Crippen LogP contribution < -0.4 is 10.1 Å². The third-order valence-electron chi connectivity index (χ3n) is 3.91. The van der Waals surface area contributed by atoms with Crippen molar-refractivity contribution >= 4 is 5.57 Å². The van der Waals surface area contributed by atoms with Crippen LogP contribution in [-0.4, -0.2) is 23.2 Å². The van der Waals surface area contributed by atoms with Crippen LogP contribution in [0.1, 0.15) is 45.1 Å². The third kappa shape index (κ3) is 2.98. The van der Waals surface area contributed by atoms with Crippen molar-refractivity contribution in [3.63, 3.8) is 0 Å². The highest BCUT2D eigenvalue weighted by Gasteiger charge is 2.28. The van der Waals surface area contributed by atoms with Gasteiger partial charge < -0.3 is 10.1 Å². The first-order valence-corrected chi connectivity index (χ1v) is 7.28. The number of rotatable bonds is 3. The molecule has 1 aromatic heterocycles. The van der Waals surface area contributed by atoms with Crippen LogP contribution in [-0.2, 0) is 0 Å². The summed E-state index contributed by atoms with van der Waals surface area (Å²) in [5, 5.41) is 3.61. The molecule has 1 saturated heterocycles. The SMILES string of the molecule is CC(C)Oc1cncc(/C2=C/CC3CC(CC2)N3)c1. The molecule has 3 aliphatic rings. The van der Waals surface area contributed by atoms with Gasteiger partial charge in [-0.25, -0.2) is 0 Å². The highest BCUT2D eigenvalue weighted by atomic mass is 16.5. The molecular formula is C16H22N2O. The first-order chi connectivity index (χ1) is 9.20. The Labute approximate surface area is 115 Å². The Morgan fingerprint density at radius 2 is 2.16 bits per heavy atom. The molecule has 3 heteroatoms. The van der Waals surface area contributed by atoms with Crippen molar-refractivity contribution in [2.75, 3.05) is 0 Å². The molecule has 1 aliphatic carbocycles. The quantitative estimate of drug-likeness (QED) is 0.904. The van der Waals surface area contributed by atoms with E-state index in [2.05, 4.69) is 22.4 Å². The number of hydrogen-bond donors (Lipinski definition) is 1. The monoisotopic (exact) mass is 258 g/mol. The number of pyridine rings is 1. The lowest BCUT2D eigenvalue weighted by molar-refractivity contribution is 0.241. The zero-order chi connectivity index (χ0) is 13.2. The van der Waals surface area contributed by atoms with Crippen molar-refractivity contribution in [1.29, 1.82) is 0 Å². The second-order valence-electron chi connectivity index (χ2n) is 5.88. The van der Waals surface area contributed by atoms with Crippen molar-refractivity contribution in [2.24, 2.45) is 0 Å². The number of nitrogens with zero attached hydrogens (tertiary/aromatic N) is 1. The van der Waals surface area contributed by atoms with Gasteiger partial charge in [0.1, 0.15) is 5.75 Å². The Morgan fingerprint density at radius 1 is 1.32 bits per heavy atom. The number of aromatic nitrogens is 1. The van der Waals surface area contributed by atoms with Gasteiger partial charge in [0.05, 0.1) is 12.3 Å². The van der Waals surface area contributed by atoms with E-state index in [0.29, 0.717) is 6.04 Å². The van der Waals surface area contributed by atoms with E-state index in [1.165, 1.54) is 24.0 Å². The molecule has 1 aromatic rings. The van der Waals surface area contributed by atoms with Crippen LogP contribution in [0.3, 0.4) is 0 Å². The molecule has 0 amide bonds. The molecule has 2 atom stereocenters. The molecular weight excluding hydrogens is 236 g/mol. The first-order valence-electron chi connectivity index (χ1n) is 7.28. The predicted octanol–water partition coefficient (Wildman–Crippen LogP) is 3.17. The lowest BCUT2D eigenvalue weighted by atomic mass is 9.84. The smallest absolute Gasteiger partial charge is 0.138 e. The van der Waals surface area contributed by atoms with Crippen LogP contribution in [0.2, 0.25) is 0 Å². The molecule has 4 rings (SSSR count). The van der Waals surface area contributed by atoms with Gasteiger partial charge in [-0.3, -0.25) is 4.98 Å². The van der Waals surface area contributed by atoms with Gasteiger partial charge in [0, 0.05) is 18.3 Å². The summed E-state index contributed by atoms with van der Waals surface area (Å²) in [5.41, 5.74) is 2.65. The molecule has 0 spiro atoms. The van der Waals surface area contributed by atoms with Gasteiger partial charge in [-0.15, -0.1) is 0 Å². The van der Waals surface area contributed by atoms with E-state index in [9.17, 15) is 0 Å². The van der Waals surface area contributed by atoms with Gasteiger partial charge in [0.15, 0.2) is 0 Å². The lowest BCUT2D eigenvalue weighted by Crippen LogP contribution is -2.52. The summed E-state index contributed by atoms with van der Waals surface area (Å²) in [6.45, 7) is 4.09. The number of nitrogens with one attached hydrogen (secondary N) is 1. The van der Waals surface area contributed by atoms with Gasteiger partial charge in [0.2, 0.25) is 0 Å². The van der Waals surface area contributed by atoms with Gasteiger partial charge in [0.25, 0.3) is 0 Å². The van der Waals surface area contributed by atoms with E-state index in [1.54, 1.807) is 6.20 Å². The van der Waals surface area contributed by atoms with Crippen molar-refractivity contribution < 1.29 is 4.74 Å². The molecule has 2 aliphatic heterocycles. The van der Waals surface area contributed by atoms with Gasteiger partial charge in [-0.2, -0.15) is 0 Å². The topological polar surface area (TPSA) is 34.1 Å². The van der Waals surface area contributed by atoms with Crippen LogP contribution in [0.4, 0.5) is 0 Å². The average Bonchev–Trinajstić information content (AvgIpc) is 2.25. The van der Waals surface area contributed by atoms with E-state index in [4.69, 9.17) is 4.74 Å². The zero-order valence-corrected chi connectivity index (χ0v) is 11.7. The van der Waals surface area contributed by atoms with E-state index in [0.717, 1.165) is 24.6 Å². The summed E-state index contributed by atoms with van der Waals surface area (Å²) >= 11 is 0. The highest BCUT2D eigenvalue weighted by molar-refractivity contribution is 5.66. The van der Waals surface area contributed by atoms with Gasteiger partial charge >= 0.3 is 0 Å². The summed E-state index contributed by atoms with van der Waals surface area (Å²) in [5.74, 6) is 0.874. The van der Waals surface area contributed by atoms with Crippen molar-refractivity contribution in [2.45, 2.75) is 57.7 Å². The molecule has 0 radical (unpaired) electrons. The van der Waals surface area contributed by atoms with Crippen molar-refractivity contribution in [3.05, 3.63) is 30.1 Å². The highest BCUT2D eigenvalue weighted by Crippen LogP contribution is 2.31. The second kappa shape index (κ2) is 5.33. The molecule has 3 nitrogen and oxygen atoms in total. The Morgan fingerprint density at radius 3 is 2.95 bits per heavy atom. The molecule has 102 valence electrons. The number of hydrogen-bond acceptors (Lipinski definition) is 3. The minimum absolute atomic E-state index is 0.195. The van der Waals surface area contributed by atoms with E-state index >= 15 is 0 Å². The molecule has 2 bridgehead atoms. The standard InChI is InChI=1S/C16H22N2O/c1-11(2)19-16-7-13(9-17-10-16)12-3-5-14-8-15(18-14)6-4-12/h3,7,9-11,14-15,18H,4-6,8H2,1-2H3/b12-3+. The summed E-state index contributed by atoms with van der Waals surface area (Å²) in [6, 6.07) is 3.56. The van der Waals surface area contributed by atoms with Crippen molar-refractivity contribution in [1.82, 2.24) is 10.3 Å². The maximum atomic E-state index is 5.73. The number of ether oxygens (including phenoxy) is 1. The summed E-state index contributed by atoms with van der Waals surface area (Å²) in [7, 11) is 0. The molecule has 0 aromatic carbocycles. The summed E-state index contributed by atoms with van der Waals surface area (Å²) < 4.78 is 5.73. The van der Waals surface area contributed by atoms with Crippen molar-refractivity contribution in [3.8, 4) is 5.75 Å². The van der Waals surface area contributed by atoms with Crippen LogP contribution in [0.5, 0.6) is 5.75 Å². The fraction of sp³-hybridized carbons (Fsp3) is 0.562. The largest absolute Gasteiger partial charge is 0.489 e. The molecule has 2 unspecified atom stereocenters. The minimum atomic E-state index is 0.195. The fourth-order valence-electron chi connectivity index (χ4n) is 2.93. The normalized spacial score (nSPS) is 28.9. The van der Waals surface area contributed by atoms with Crippen LogP contribution in [0, 0.1) is 0 Å². The maximum Gasteiger partial charge on any atom is 0.138 e. The van der Waals surface area contributed by atoms with Crippen LogP contribution in [0.15, 0.2) is 24.5 Å². The Kier molecular flexibility index (Phi) is 3.56. The predicted molar refractivity (Wildman–Crippen MR) is 77.2 cm³/mol. The van der Waals surface area contributed by atoms with E-state index < -0.39 is 0 Å². The molecule has 19 heavy (non-hydrogen) atoms. The van der Waals surface area contributed by atoms with Gasteiger partial charge in [-0.05, 0) is 56.7 Å². The lowest BCUT2D eigenvalue weighted by Gasteiger charge is -2.39. The van der Waals surface area contributed by atoms with E-state index in [1.807, 2.05) is 20.0 Å². The average molecular weight is 258 g/mol. The fourth-order valence-corrected chi connectivity index (χ4v) is 2.93. The zero-order valence-electron chi connectivity index (χ0n) is 11.7. The number of fused-ring (bicyclic) bond motifs is 3. The second-order valence-corrected chi connectivity index (χ2v) is 5.88. The molecule has 0 saturated carbocycles. The Bertz CT molecular complexity index is 475. The summed E-state index contributed by atoms with van der Waals surface area (Å²) in [4.78, 5) is 4.32. The Hall–Kier alpha value is -1.35. The maximum absolute atomic E-state index is 5.73. The number of allylic oxidation sites excluding steroid dienone is 1. The molecule has 1 fully saturated rings. The van der Waals surface area contributed by atoms with E-state index in [-0.39, 0.29) is 6.10 Å². The molecule has 1 N–H and O–H groups in total. The molecule has 3 heterocycles. The minimum Gasteiger partial charge on any atom is -0.489 e. The summed E-state index contributed by atoms with van der Waals surface area (Å²) in [6.07, 6.45) is 11.2. The van der Waals surface area contributed by atoms with Crippen LogP contribution >= 0.6 is 0 Å². The van der Waals surface area contributed by atoms with Crippen LogP contribution in [0.25, 0.3) is 5.57 Å². The van der Waals surface area contributed by atoms with Gasteiger partial charge in [-0.1, -0.05) is 6.08 Å². The first kappa shape index (κ1) is 12.7.